The third kappa shape index (κ3) is 4.74. The van der Waals surface area contributed by atoms with E-state index in [1.54, 1.807) is 18.2 Å². The van der Waals surface area contributed by atoms with Crippen molar-refractivity contribution in [3.05, 3.63) is 83.9 Å². The second-order valence-corrected chi connectivity index (χ2v) is 7.67. The highest BCUT2D eigenvalue weighted by molar-refractivity contribution is 7.90. The molecule has 0 aliphatic rings. The number of hydrogen-bond acceptors (Lipinski definition) is 4. The smallest absolute Gasteiger partial charge is 0.421 e. The lowest BCUT2D eigenvalue weighted by atomic mass is 10.0. The lowest BCUT2D eigenvalue weighted by molar-refractivity contribution is 0.165. The van der Waals surface area contributed by atoms with Crippen molar-refractivity contribution in [2.45, 2.75) is 11.8 Å². The van der Waals surface area contributed by atoms with Gasteiger partial charge in [0.05, 0.1) is 4.90 Å². The Balaban J connectivity index is 1.59. The van der Waals surface area contributed by atoms with E-state index in [2.05, 4.69) is 0 Å². The van der Waals surface area contributed by atoms with Crippen LogP contribution in [0.15, 0.2) is 77.7 Å². The van der Waals surface area contributed by atoms with E-state index in [-0.39, 0.29) is 11.5 Å². The number of benzene rings is 3. The number of sulfonamides is 1. The van der Waals surface area contributed by atoms with Gasteiger partial charge in [-0.15, -0.1) is 0 Å². The van der Waals surface area contributed by atoms with Gasteiger partial charge in [0.2, 0.25) is 0 Å². The van der Waals surface area contributed by atoms with E-state index in [4.69, 9.17) is 4.74 Å². The maximum Gasteiger partial charge on any atom is 0.421 e. The topological polar surface area (TPSA) is 72.5 Å². The summed E-state index contributed by atoms with van der Waals surface area (Å²) in [6.45, 7) is 1.80. The van der Waals surface area contributed by atoms with E-state index in [1.807, 2.05) is 60.2 Å². The predicted molar refractivity (Wildman–Crippen MR) is 106 cm³/mol. The third-order valence-corrected chi connectivity index (χ3v) is 5.31. The van der Waals surface area contributed by atoms with E-state index >= 15 is 0 Å². The summed E-state index contributed by atoms with van der Waals surface area (Å²) >= 11 is 0. The Morgan fingerprint density at radius 2 is 1.70 bits per heavy atom. The van der Waals surface area contributed by atoms with Crippen LogP contribution in [-0.4, -0.2) is 21.1 Å². The molecule has 0 aromatic heterocycles. The lowest BCUT2D eigenvalue weighted by Gasteiger charge is -2.07. The van der Waals surface area contributed by atoms with Gasteiger partial charge < -0.3 is 4.74 Å². The lowest BCUT2D eigenvalue weighted by Crippen LogP contribution is -2.31. The average molecular weight is 381 g/mol. The maximum absolute atomic E-state index is 12.1. The summed E-state index contributed by atoms with van der Waals surface area (Å²) < 4.78 is 31.1. The highest BCUT2D eigenvalue weighted by Gasteiger charge is 2.17. The summed E-state index contributed by atoms with van der Waals surface area (Å²) in [4.78, 5) is 11.8. The van der Waals surface area contributed by atoms with Crippen molar-refractivity contribution in [2.75, 3.05) is 6.61 Å². The highest BCUT2D eigenvalue weighted by Crippen LogP contribution is 2.19. The zero-order chi connectivity index (χ0) is 19.3. The summed E-state index contributed by atoms with van der Waals surface area (Å²) in [6, 6.07) is 20.1. The quantitative estimate of drug-likeness (QED) is 0.716. The fourth-order valence-corrected chi connectivity index (χ4v) is 3.50. The number of hydrogen-bond donors (Lipinski definition) is 1. The van der Waals surface area contributed by atoms with Gasteiger partial charge in [0, 0.05) is 0 Å². The largest absolute Gasteiger partial charge is 0.445 e. The van der Waals surface area contributed by atoms with Gasteiger partial charge in [-0.3, -0.25) is 0 Å². The molecule has 0 bridgehead atoms. The first-order chi connectivity index (χ1) is 13.0. The van der Waals surface area contributed by atoms with E-state index in [0.29, 0.717) is 0 Å². The summed E-state index contributed by atoms with van der Waals surface area (Å²) in [7, 11) is -3.94. The summed E-state index contributed by atoms with van der Waals surface area (Å²) in [6.07, 6.45) is 2.49. The number of amides is 1. The number of rotatable bonds is 5. The summed E-state index contributed by atoms with van der Waals surface area (Å²) in [5.41, 5.74) is 1.92. The molecular weight excluding hydrogens is 362 g/mol. The minimum Gasteiger partial charge on any atom is -0.445 e. The van der Waals surface area contributed by atoms with Gasteiger partial charge in [-0.2, -0.15) is 0 Å². The van der Waals surface area contributed by atoms with E-state index in [0.717, 1.165) is 21.9 Å². The first-order valence-electron chi connectivity index (χ1n) is 8.36. The van der Waals surface area contributed by atoms with E-state index < -0.39 is 16.1 Å². The Bertz CT molecular complexity index is 1080. The van der Waals surface area contributed by atoms with E-state index in [1.165, 1.54) is 12.1 Å². The van der Waals surface area contributed by atoms with Crippen molar-refractivity contribution >= 4 is 33.0 Å². The van der Waals surface area contributed by atoms with Crippen LogP contribution in [0.5, 0.6) is 0 Å². The fraction of sp³-hybridized carbons (Fsp3) is 0.0952. The number of carbonyl (C=O) groups is 1. The molecule has 1 amide bonds. The number of aryl methyl sites for hydroxylation is 1. The average Bonchev–Trinajstić information content (AvgIpc) is 2.65. The summed E-state index contributed by atoms with van der Waals surface area (Å²) in [5.74, 6) is 0. The molecule has 5 nitrogen and oxygen atoms in total. The van der Waals surface area contributed by atoms with Gasteiger partial charge in [0.15, 0.2) is 0 Å². The first-order valence-corrected chi connectivity index (χ1v) is 9.84. The standard InChI is InChI=1S/C21H19NO4S/c1-16-11-13-19(14-12-16)27(24,25)22-21(23)26-15-5-9-18-8-4-7-17-6-2-3-10-20(17)18/h2-14H,15H2,1H3,(H,22,23)/b9-5+. The van der Waals surface area contributed by atoms with Gasteiger partial charge in [-0.05, 0) is 41.5 Å². The van der Waals surface area contributed by atoms with Crippen molar-refractivity contribution < 1.29 is 17.9 Å². The van der Waals surface area contributed by atoms with Gasteiger partial charge in [0.25, 0.3) is 10.0 Å². The molecule has 0 spiro atoms. The van der Waals surface area contributed by atoms with Crippen LogP contribution >= 0.6 is 0 Å². The molecule has 3 rings (SSSR count). The van der Waals surface area contributed by atoms with Crippen molar-refractivity contribution in [2.24, 2.45) is 0 Å². The Morgan fingerprint density at radius 1 is 1.00 bits per heavy atom. The van der Waals surface area contributed by atoms with Crippen LogP contribution in [-0.2, 0) is 14.8 Å². The molecule has 3 aromatic rings. The van der Waals surface area contributed by atoms with Crippen LogP contribution in [0, 0.1) is 6.92 Å². The molecule has 0 aliphatic heterocycles. The zero-order valence-corrected chi connectivity index (χ0v) is 15.6. The number of carbonyl (C=O) groups excluding carboxylic acids is 1. The number of fused-ring (bicyclic) bond motifs is 1. The predicted octanol–water partition coefficient (Wildman–Crippen LogP) is 4.28. The maximum atomic E-state index is 12.1. The molecule has 0 radical (unpaired) electrons. The van der Waals surface area contributed by atoms with Crippen LogP contribution in [0.4, 0.5) is 4.79 Å². The molecular formula is C21H19NO4S. The molecule has 0 fully saturated rings. The molecule has 27 heavy (non-hydrogen) atoms. The molecule has 0 saturated carbocycles. The second kappa shape index (κ2) is 8.05. The Kier molecular flexibility index (Phi) is 5.57. The molecule has 1 N–H and O–H groups in total. The number of nitrogens with one attached hydrogen (secondary N) is 1. The van der Waals surface area contributed by atoms with Gasteiger partial charge >= 0.3 is 6.09 Å². The molecule has 138 valence electrons. The second-order valence-electron chi connectivity index (χ2n) is 5.99. The molecule has 0 atom stereocenters. The Hall–Kier alpha value is -3.12. The highest BCUT2D eigenvalue weighted by atomic mass is 32.2. The minimum absolute atomic E-state index is 0.0105. The Labute approximate surface area is 158 Å². The number of ether oxygens (including phenoxy) is 1. The van der Waals surface area contributed by atoms with Crippen LogP contribution < -0.4 is 4.72 Å². The molecule has 0 saturated heterocycles. The van der Waals surface area contributed by atoms with E-state index in [9.17, 15) is 13.2 Å². The first kappa shape index (κ1) is 18.7. The third-order valence-electron chi connectivity index (χ3n) is 3.98. The Morgan fingerprint density at radius 3 is 2.48 bits per heavy atom. The van der Waals surface area contributed by atoms with Gasteiger partial charge in [0.1, 0.15) is 6.61 Å². The van der Waals surface area contributed by atoms with Crippen molar-refractivity contribution in [1.82, 2.24) is 4.72 Å². The van der Waals surface area contributed by atoms with Gasteiger partial charge in [-0.25, -0.2) is 17.9 Å². The molecule has 0 heterocycles. The van der Waals surface area contributed by atoms with Crippen molar-refractivity contribution in [3.8, 4) is 0 Å². The molecule has 3 aromatic carbocycles. The molecule has 6 heteroatoms. The van der Waals surface area contributed by atoms with Crippen molar-refractivity contribution in [3.63, 3.8) is 0 Å². The van der Waals surface area contributed by atoms with Crippen LogP contribution in [0.1, 0.15) is 11.1 Å². The molecule has 0 unspecified atom stereocenters. The fourth-order valence-electron chi connectivity index (χ4n) is 2.61. The van der Waals surface area contributed by atoms with Gasteiger partial charge in [-0.1, -0.05) is 66.2 Å². The van der Waals surface area contributed by atoms with Crippen LogP contribution in [0.25, 0.3) is 16.8 Å². The van der Waals surface area contributed by atoms with Crippen molar-refractivity contribution in [1.29, 1.82) is 0 Å². The molecule has 0 aliphatic carbocycles. The monoisotopic (exact) mass is 381 g/mol. The van der Waals surface area contributed by atoms with Crippen LogP contribution in [0.3, 0.4) is 0 Å². The normalized spacial score (nSPS) is 11.6. The SMILES string of the molecule is Cc1ccc(S(=O)(=O)NC(=O)OC/C=C/c2cccc3ccccc23)cc1. The van der Waals surface area contributed by atoms with Crippen LogP contribution in [0.2, 0.25) is 0 Å². The summed E-state index contributed by atoms with van der Waals surface area (Å²) in [5, 5.41) is 2.20. The zero-order valence-electron chi connectivity index (χ0n) is 14.8. The minimum atomic E-state index is -3.94.